The minimum Gasteiger partial charge on any atom is -0.0990 e. The summed E-state index contributed by atoms with van der Waals surface area (Å²) in [5, 5.41) is 1.11. The number of rotatable bonds is 1. The molecule has 2 aliphatic rings. The summed E-state index contributed by atoms with van der Waals surface area (Å²) in [5.74, 6) is 1.79. The summed E-state index contributed by atoms with van der Waals surface area (Å²) in [6, 6.07) is 0. The SMILES string of the molecule is C=C1[C@H]2CC[C@H](C2)[C@]1(C)CBr. The van der Waals surface area contributed by atoms with Crippen LogP contribution in [0.1, 0.15) is 26.2 Å². The molecule has 0 aromatic carbocycles. The first-order valence-corrected chi connectivity index (χ1v) is 5.56. The summed E-state index contributed by atoms with van der Waals surface area (Å²) in [4.78, 5) is 0. The van der Waals surface area contributed by atoms with Crippen molar-refractivity contribution in [3.05, 3.63) is 12.2 Å². The Balaban J connectivity index is 2.30. The van der Waals surface area contributed by atoms with Crippen molar-refractivity contribution >= 4 is 15.9 Å². The molecule has 0 radical (unpaired) electrons. The third-order valence-corrected chi connectivity index (χ3v) is 5.00. The molecule has 0 aromatic heterocycles. The van der Waals surface area contributed by atoms with Crippen LogP contribution in [0.3, 0.4) is 0 Å². The smallest absolute Gasteiger partial charge is 0.0125 e. The van der Waals surface area contributed by atoms with Crippen molar-refractivity contribution in [1.82, 2.24) is 0 Å². The van der Waals surface area contributed by atoms with Gasteiger partial charge < -0.3 is 0 Å². The first-order chi connectivity index (χ1) is 5.18. The number of halogens is 1. The highest BCUT2D eigenvalue weighted by molar-refractivity contribution is 9.09. The van der Waals surface area contributed by atoms with Gasteiger partial charge in [0.15, 0.2) is 0 Å². The van der Waals surface area contributed by atoms with Gasteiger partial charge >= 0.3 is 0 Å². The van der Waals surface area contributed by atoms with Gasteiger partial charge in [-0.25, -0.2) is 0 Å². The Morgan fingerprint density at radius 3 is 2.73 bits per heavy atom. The number of hydrogen-bond donors (Lipinski definition) is 0. The Hall–Kier alpha value is 0.220. The van der Waals surface area contributed by atoms with Gasteiger partial charge in [-0.3, -0.25) is 0 Å². The fraction of sp³-hybridized carbons (Fsp3) is 0.800. The number of fused-ring (bicyclic) bond motifs is 2. The van der Waals surface area contributed by atoms with Crippen molar-refractivity contribution in [3.63, 3.8) is 0 Å². The molecular weight excluding hydrogens is 200 g/mol. The van der Waals surface area contributed by atoms with Crippen molar-refractivity contribution < 1.29 is 0 Å². The van der Waals surface area contributed by atoms with Gasteiger partial charge in [-0.15, -0.1) is 0 Å². The molecule has 2 saturated carbocycles. The van der Waals surface area contributed by atoms with Crippen molar-refractivity contribution in [2.75, 3.05) is 5.33 Å². The minimum atomic E-state index is 0.433. The van der Waals surface area contributed by atoms with Crippen molar-refractivity contribution in [2.45, 2.75) is 26.2 Å². The summed E-state index contributed by atoms with van der Waals surface area (Å²) in [6.07, 6.45) is 4.26. The predicted molar refractivity (Wildman–Crippen MR) is 51.9 cm³/mol. The molecule has 0 saturated heterocycles. The molecular formula is C10H15Br. The molecule has 0 amide bonds. The number of hydrogen-bond acceptors (Lipinski definition) is 0. The van der Waals surface area contributed by atoms with Crippen molar-refractivity contribution in [1.29, 1.82) is 0 Å². The van der Waals surface area contributed by atoms with Gasteiger partial charge in [-0.2, -0.15) is 0 Å². The Morgan fingerprint density at radius 1 is 1.64 bits per heavy atom. The van der Waals surface area contributed by atoms with E-state index in [0.717, 1.165) is 17.2 Å². The minimum absolute atomic E-state index is 0.433. The van der Waals surface area contributed by atoms with Crippen LogP contribution in [0.2, 0.25) is 0 Å². The molecule has 2 rings (SSSR count). The van der Waals surface area contributed by atoms with E-state index in [-0.39, 0.29) is 0 Å². The lowest BCUT2D eigenvalue weighted by atomic mass is 9.73. The van der Waals surface area contributed by atoms with Gasteiger partial charge in [0.1, 0.15) is 0 Å². The third kappa shape index (κ3) is 0.867. The summed E-state index contributed by atoms with van der Waals surface area (Å²) in [7, 11) is 0. The highest BCUT2D eigenvalue weighted by atomic mass is 79.9. The normalized spacial score (nSPS) is 48.7. The maximum absolute atomic E-state index is 4.23. The van der Waals surface area contributed by atoms with E-state index in [4.69, 9.17) is 0 Å². The molecule has 0 heterocycles. The van der Waals surface area contributed by atoms with E-state index in [2.05, 4.69) is 29.4 Å². The van der Waals surface area contributed by atoms with E-state index in [1.54, 1.807) is 0 Å². The van der Waals surface area contributed by atoms with E-state index in [0.29, 0.717) is 5.41 Å². The Kier molecular flexibility index (Phi) is 1.68. The second kappa shape index (κ2) is 2.35. The standard InChI is InChI=1S/C10H15Br/c1-7-8-3-4-9(5-8)10(7,2)6-11/h8-9H,1,3-6H2,2H3/t8-,9+,10+/m0/s1. The Bertz CT molecular complexity index is 197. The molecule has 0 N–H and O–H groups in total. The van der Waals surface area contributed by atoms with E-state index >= 15 is 0 Å². The van der Waals surface area contributed by atoms with E-state index in [1.807, 2.05) is 0 Å². The van der Waals surface area contributed by atoms with Crippen LogP contribution in [-0.2, 0) is 0 Å². The van der Waals surface area contributed by atoms with Crippen LogP contribution in [0.4, 0.5) is 0 Å². The zero-order valence-corrected chi connectivity index (χ0v) is 8.65. The lowest BCUT2D eigenvalue weighted by molar-refractivity contribution is 0.298. The van der Waals surface area contributed by atoms with Crippen LogP contribution in [0.25, 0.3) is 0 Å². The Labute approximate surface area is 77.2 Å². The molecule has 1 heteroatoms. The molecule has 0 aliphatic heterocycles. The highest BCUT2D eigenvalue weighted by Gasteiger charge is 2.49. The van der Waals surface area contributed by atoms with E-state index in [1.165, 1.54) is 24.8 Å². The topological polar surface area (TPSA) is 0 Å². The second-order valence-electron chi connectivity index (χ2n) is 4.28. The highest BCUT2D eigenvalue weighted by Crippen LogP contribution is 2.59. The van der Waals surface area contributed by atoms with Crippen LogP contribution in [0.15, 0.2) is 12.2 Å². The zero-order chi connectivity index (χ0) is 8.06. The second-order valence-corrected chi connectivity index (χ2v) is 4.84. The fourth-order valence-corrected chi connectivity index (χ4v) is 3.62. The quantitative estimate of drug-likeness (QED) is 0.464. The summed E-state index contributed by atoms with van der Waals surface area (Å²) < 4.78 is 0. The van der Waals surface area contributed by atoms with Crippen LogP contribution in [0.5, 0.6) is 0 Å². The summed E-state index contributed by atoms with van der Waals surface area (Å²) >= 11 is 3.61. The molecule has 2 bridgehead atoms. The van der Waals surface area contributed by atoms with Gasteiger partial charge in [0, 0.05) is 10.7 Å². The van der Waals surface area contributed by atoms with E-state index in [9.17, 15) is 0 Å². The molecule has 11 heavy (non-hydrogen) atoms. The first kappa shape index (κ1) is 7.85. The molecule has 2 aliphatic carbocycles. The van der Waals surface area contributed by atoms with Crippen LogP contribution >= 0.6 is 15.9 Å². The summed E-state index contributed by atoms with van der Waals surface area (Å²) in [6.45, 7) is 6.60. The average molecular weight is 215 g/mol. The van der Waals surface area contributed by atoms with Crippen LogP contribution in [0, 0.1) is 17.3 Å². The summed E-state index contributed by atoms with van der Waals surface area (Å²) in [5.41, 5.74) is 1.95. The third-order valence-electron chi connectivity index (χ3n) is 3.84. The predicted octanol–water partition coefficient (Wildman–Crippen LogP) is 3.37. The number of alkyl halides is 1. The number of allylic oxidation sites excluding steroid dienone is 1. The maximum Gasteiger partial charge on any atom is 0.0125 e. The van der Waals surface area contributed by atoms with Crippen molar-refractivity contribution in [2.24, 2.45) is 17.3 Å². The van der Waals surface area contributed by atoms with Crippen LogP contribution in [-0.4, -0.2) is 5.33 Å². The van der Waals surface area contributed by atoms with E-state index < -0.39 is 0 Å². The lowest BCUT2D eigenvalue weighted by Gasteiger charge is -2.34. The Morgan fingerprint density at radius 2 is 2.36 bits per heavy atom. The first-order valence-electron chi connectivity index (χ1n) is 4.43. The molecule has 2 fully saturated rings. The fourth-order valence-electron chi connectivity index (χ4n) is 2.80. The monoisotopic (exact) mass is 214 g/mol. The molecule has 0 nitrogen and oxygen atoms in total. The van der Waals surface area contributed by atoms with Gasteiger partial charge in [0.05, 0.1) is 0 Å². The lowest BCUT2D eigenvalue weighted by Crippen LogP contribution is -2.27. The van der Waals surface area contributed by atoms with Gasteiger partial charge in [0.25, 0.3) is 0 Å². The molecule has 62 valence electrons. The molecule has 0 unspecified atom stereocenters. The molecule has 0 aromatic rings. The van der Waals surface area contributed by atoms with Gasteiger partial charge in [-0.05, 0) is 31.1 Å². The zero-order valence-electron chi connectivity index (χ0n) is 7.07. The maximum atomic E-state index is 4.23. The van der Waals surface area contributed by atoms with Gasteiger partial charge in [-0.1, -0.05) is 35.0 Å². The van der Waals surface area contributed by atoms with Crippen LogP contribution < -0.4 is 0 Å². The van der Waals surface area contributed by atoms with Crippen molar-refractivity contribution in [3.8, 4) is 0 Å². The molecule has 3 atom stereocenters. The molecule has 0 spiro atoms. The largest absolute Gasteiger partial charge is 0.0990 e. The average Bonchev–Trinajstić information content (AvgIpc) is 2.56. The van der Waals surface area contributed by atoms with Gasteiger partial charge in [0.2, 0.25) is 0 Å².